The number of rotatable bonds is 1. The van der Waals surface area contributed by atoms with E-state index in [0.29, 0.717) is 5.56 Å². The molecule has 0 aromatic carbocycles. The van der Waals surface area contributed by atoms with Gasteiger partial charge in [0.05, 0.1) is 0 Å². The van der Waals surface area contributed by atoms with E-state index in [-0.39, 0.29) is 0 Å². The molecular formula is C10H12FNO2SSi. The molecular weight excluding hydrogens is 245 g/mol. The normalized spacial score (nSPS) is 11.8. The Bertz CT molecular complexity index is 552. The van der Waals surface area contributed by atoms with Gasteiger partial charge in [-0.1, -0.05) is 25.6 Å². The number of hydrogen-bond donors (Lipinski definition) is 0. The lowest BCUT2D eigenvalue weighted by Crippen LogP contribution is -2.16. The molecule has 0 saturated heterocycles. The molecule has 86 valence electrons. The van der Waals surface area contributed by atoms with Gasteiger partial charge in [-0.2, -0.15) is 8.42 Å². The number of pyridine rings is 1. The van der Waals surface area contributed by atoms with Gasteiger partial charge in [0.15, 0.2) is 0 Å². The summed E-state index contributed by atoms with van der Waals surface area (Å²) in [7, 11) is -6.23. The number of nitrogens with zero attached hydrogens (tertiary/aromatic N) is 1. The van der Waals surface area contributed by atoms with Crippen LogP contribution in [0.4, 0.5) is 3.89 Å². The second kappa shape index (κ2) is 4.35. The Labute approximate surface area is 95.9 Å². The highest BCUT2D eigenvalue weighted by molar-refractivity contribution is 7.86. The molecule has 0 bridgehead atoms. The molecule has 0 aliphatic rings. The second-order valence-corrected chi connectivity index (χ2v) is 10.4. The third-order valence-corrected chi connectivity index (χ3v) is 3.24. The van der Waals surface area contributed by atoms with Gasteiger partial charge < -0.3 is 0 Å². The van der Waals surface area contributed by atoms with Gasteiger partial charge in [0.1, 0.15) is 13.0 Å². The maximum atomic E-state index is 12.7. The molecule has 0 aliphatic heterocycles. The molecule has 0 aliphatic carbocycles. The molecule has 0 unspecified atom stereocenters. The van der Waals surface area contributed by atoms with Gasteiger partial charge in [0.2, 0.25) is 0 Å². The summed E-state index contributed by atoms with van der Waals surface area (Å²) in [5.41, 5.74) is 3.47. The number of halogens is 1. The Balaban J connectivity index is 3.14. The quantitative estimate of drug-likeness (QED) is 0.439. The highest BCUT2D eigenvalue weighted by Crippen LogP contribution is 2.11. The van der Waals surface area contributed by atoms with Crippen LogP contribution in [0, 0.1) is 11.5 Å². The molecule has 1 rings (SSSR count). The molecule has 0 spiro atoms. The molecule has 0 saturated carbocycles. The first-order valence-electron chi connectivity index (χ1n) is 4.61. The van der Waals surface area contributed by atoms with E-state index in [1.54, 1.807) is 0 Å². The Hall–Kier alpha value is -1.19. The Kier molecular flexibility index (Phi) is 3.50. The third-order valence-electron chi connectivity index (χ3n) is 1.58. The van der Waals surface area contributed by atoms with Crippen LogP contribution in [0.2, 0.25) is 19.6 Å². The lowest BCUT2D eigenvalue weighted by molar-refractivity contribution is 0.551. The maximum absolute atomic E-state index is 12.7. The van der Waals surface area contributed by atoms with Crippen molar-refractivity contribution in [2.45, 2.75) is 24.5 Å². The summed E-state index contributed by atoms with van der Waals surface area (Å²) in [5.74, 6) is 2.82. The summed E-state index contributed by atoms with van der Waals surface area (Å²) >= 11 is 0. The number of aromatic nitrogens is 1. The molecule has 0 radical (unpaired) electrons. The lowest BCUT2D eigenvalue weighted by Gasteiger charge is -2.03. The van der Waals surface area contributed by atoms with Crippen LogP contribution in [0.15, 0.2) is 23.4 Å². The molecule has 0 N–H and O–H groups in total. The zero-order valence-electron chi connectivity index (χ0n) is 9.28. The molecule has 0 fully saturated rings. The fourth-order valence-corrected chi connectivity index (χ4v) is 1.85. The highest BCUT2D eigenvalue weighted by atomic mass is 32.3. The third kappa shape index (κ3) is 4.12. The van der Waals surface area contributed by atoms with Crippen molar-refractivity contribution in [3.05, 3.63) is 24.0 Å². The van der Waals surface area contributed by atoms with E-state index in [1.807, 2.05) is 0 Å². The maximum Gasteiger partial charge on any atom is 0.333 e. The van der Waals surface area contributed by atoms with Crippen molar-refractivity contribution >= 4 is 18.3 Å². The van der Waals surface area contributed by atoms with E-state index >= 15 is 0 Å². The van der Waals surface area contributed by atoms with Gasteiger partial charge in [-0.25, -0.2) is 0 Å². The molecule has 3 nitrogen and oxygen atoms in total. The minimum atomic E-state index is -4.70. The Morgan fingerprint density at radius 3 is 2.44 bits per heavy atom. The average Bonchev–Trinajstić information content (AvgIpc) is 2.13. The van der Waals surface area contributed by atoms with Gasteiger partial charge in [-0.15, -0.1) is 9.43 Å². The van der Waals surface area contributed by atoms with Crippen LogP contribution in [0.3, 0.4) is 0 Å². The first-order valence-corrected chi connectivity index (χ1v) is 9.50. The summed E-state index contributed by atoms with van der Waals surface area (Å²) in [6.45, 7) is 6.18. The van der Waals surface area contributed by atoms with Crippen LogP contribution in [-0.2, 0) is 10.2 Å². The smallest absolute Gasteiger partial charge is 0.262 e. The molecule has 1 aromatic heterocycles. The zero-order valence-corrected chi connectivity index (χ0v) is 11.1. The topological polar surface area (TPSA) is 47.0 Å². The van der Waals surface area contributed by atoms with E-state index < -0.39 is 23.2 Å². The monoisotopic (exact) mass is 257 g/mol. The first kappa shape index (κ1) is 12.9. The van der Waals surface area contributed by atoms with Crippen LogP contribution < -0.4 is 0 Å². The van der Waals surface area contributed by atoms with Crippen molar-refractivity contribution in [3.63, 3.8) is 0 Å². The van der Waals surface area contributed by atoms with Crippen LogP contribution in [0.5, 0.6) is 0 Å². The van der Waals surface area contributed by atoms with Gasteiger partial charge in [-0.3, -0.25) is 4.98 Å². The summed E-state index contributed by atoms with van der Waals surface area (Å²) in [6, 6.07) is 1.19. The van der Waals surface area contributed by atoms with Gasteiger partial charge >= 0.3 is 10.2 Å². The van der Waals surface area contributed by atoms with Crippen molar-refractivity contribution in [2.24, 2.45) is 0 Å². The van der Waals surface area contributed by atoms with Crippen LogP contribution in [0.1, 0.15) is 5.56 Å². The Morgan fingerprint density at radius 1 is 1.31 bits per heavy atom. The van der Waals surface area contributed by atoms with Crippen LogP contribution >= 0.6 is 0 Å². The van der Waals surface area contributed by atoms with E-state index in [0.717, 1.165) is 6.20 Å². The Morgan fingerprint density at radius 2 is 1.94 bits per heavy atom. The molecule has 1 heterocycles. The summed E-state index contributed by atoms with van der Waals surface area (Å²) in [5, 5.41) is 0. The van der Waals surface area contributed by atoms with Crippen molar-refractivity contribution < 1.29 is 12.3 Å². The minimum Gasteiger partial charge on any atom is -0.262 e. The van der Waals surface area contributed by atoms with Gasteiger partial charge in [0.25, 0.3) is 0 Å². The van der Waals surface area contributed by atoms with Gasteiger partial charge in [-0.05, 0) is 6.07 Å². The van der Waals surface area contributed by atoms with Crippen molar-refractivity contribution in [1.82, 2.24) is 4.98 Å². The van der Waals surface area contributed by atoms with Gasteiger partial charge in [0, 0.05) is 18.0 Å². The standard InChI is InChI=1S/C10H12FNO2SSi/c1-16(2,3)5-4-9-6-10(8-12-7-9)15(11,13)14/h6-8H,1-3H3. The molecule has 1 aromatic rings. The largest absolute Gasteiger partial charge is 0.333 e. The minimum absolute atomic E-state index is 0.418. The van der Waals surface area contributed by atoms with Crippen molar-refractivity contribution in [2.75, 3.05) is 0 Å². The lowest BCUT2D eigenvalue weighted by atomic mass is 10.3. The summed E-state index contributed by atoms with van der Waals surface area (Å²) in [6.07, 6.45) is 2.39. The fourth-order valence-electron chi connectivity index (χ4n) is 0.880. The van der Waals surface area contributed by atoms with E-state index in [1.165, 1.54) is 12.3 Å². The summed E-state index contributed by atoms with van der Waals surface area (Å²) in [4.78, 5) is 3.20. The zero-order chi connectivity index (χ0) is 12.4. The van der Waals surface area contributed by atoms with E-state index in [2.05, 4.69) is 36.1 Å². The van der Waals surface area contributed by atoms with Crippen LogP contribution in [0.25, 0.3) is 0 Å². The van der Waals surface area contributed by atoms with E-state index in [9.17, 15) is 12.3 Å². The molecule has 16 heavy (non-hydrogen) atoms. The molecule has 0 atom stereocenters. The highest BCUT2D eigenvalue weighted by Gasteiger charge is 2.12. The van der Waals surface area contributed by atoms with E-state index in [4.69, 9.17) is 0 Å². The fraction of sp³-hybridized carbons (Fsp3) is 0.300. The molecule has 6 heteroatoms. The molecule has 0 amide bonds. The second-order valence-electron chi connectivity index (χ2n) is 4.35. The SMILES string of the molecule is C[Si](C)(C)C#Cc1cncc(S(=O)(=O)F)c1. The van der Waals surface area contributed by atoms with Crippen molar-refractivity contribution in [1.29, 1.82) is 0 Å². The predicted molar refractivity (Wildman–Crippen MR) is 62.8 cm³/mol. The predicted octanol–water partition coefficient (Wildman–Crippen LogP) is 1.97. The average molecular weight is 257 g/mol. The summed E-state index contributed by atoms with van der Waals surface area (Å²) < 4.78 is 33.9. The first-order chi connectivity index (χ1) is 7.18. The number of hydrogen-bond acceptors (Lipinski definition) is 3. The van der Waals surface area contributed by atoms with Crippen molar-refractivity contribution in [3.8, 4) is 11.5 Å². The van der Waals surface area contributed by atoms with Crippen LogP contribution in [-0.4, -0.2) is 21.5 Å².